The Hall–Kier alpha value is -4.47. The minimum atomic E-state index is -0.550. The van der Waals surface area contributed by atoms with Gasteiger partial charge in [-0.15, -0.1) is 10.2 Å². The highest BCUT2D eigenvalue weighted by Gasteiger charge is 2.18. The minimum Gasteiger partial charge on any atom is -0.267 e. The zero-order chi connectivity index (χ0) is 21.5. The van der Waals surface area contributed by atoms with Gasteiger partial charge in [0.25, 0.3) is 11.5 Å². The van der Waals surface area contributed by atoms with Gasteiger partial charge in [-0.25, -0.2) is 13.6 Å². The number of pyridine rings is 2. The maximum atomic E-state index is 13.3. The van der Waals surface area contributed by atoms with Gasteiger partial charge in [-0.2, -0.15) is 5.10 Å². The number of hydrogen-bond donors (Lipinski definition) is 1. The molecule has 5 aromatic rings. The molecule has 1 amide bonds. The van der Waals surface area contributed by atoms with Gasteiger partial charge in [-0.3, -0.25) is 20.0 Å². The van der Waals surface area contributed by atoms with Crippen LogP contribution in [-0.2, 0) is 0 Å². The van der Waals surface area contributed by atoms with Crippen molar-refractivity contribution < 1.29 is 9.18 Å². The number of benzene rings is 1. The molecule has 0 aliphatic heterocycles. The number of aryl methyl sites for hydroxylation is 1. The van der Waals surface area contributed by atoms with Crippen LogP contribution in [0.1, 0.15) is 16.1 Å². The predicted molar refractivity (Wildman–Crippen MR) is 111 cm³/mol. The lowest BCUT2D eigenvalue weighted by Crippen LogP contribution is -2.33. The van der Waals surface area contributed by atoms with Crippen LogP contribution in [0.5, 0.6) is 0 Å². The van der Waals surface area contributed by atoms with E-state index < -0.39 is 11.5 Å². The number of nitrogens with zero attached hydrogens (tertiary/aromatic N) is 6. The molecule has 0 bridgehead atoms. The van der Waals surface area contributed by atoms with E-state index in [1.807, 2.05) is 0 Å². The number of hydrogen-bond acceptors (Lipinski definition) is 6. The Morgan fingerprint density at radius 2 is 1.77 bits per heavy atom. The second-order valence-corrected chi connectivity index (χ2v) is 6.80. The summed E-state index contributed by atoms with van der Waals surface area (Å²) in [6.07, 6.45) is 4.40. The predicted octanol–water partition coefficient (Wildman–Crippen LogP) is 2.33. The number of aromatic nitrogens is 6. The molecule has 152 valence electrons. The normalized spacial score (nSPS) is 11.2. The molecule has 0 aliphatic rings. The van der Waals surface area contributed by atoms with E-state index in [1.54, 1.807) is 25.1 Å². The minimum absolute atomic E-state index is 0.0400. The van der Waals surface area contributed by atoms with Gasteiger partial charge in [0.15, 0.2) is 11.2 Å². The summed E-state index contributed by atoms with van der Waals surface area (Å²) < 4.78 is 15.9. The fourth-order valence-electron chi connectivity index (χ4n) is 3.37. The van der Waals surface area contributed by atoms with Gasteiger partial charge in [0.05, 0.1) is 11.3 Å². The third kappa shape index (κ3) is 3.10. The summed E-state index contributed by atoms with van der Waals surface area (Å²) in [5.41, 5.74) is 5.33. The smallest absolute Gasteiger partial charge is 0.267 e. The third-order valence-electron chi connectivity index (χ3n) is 4.85. The van der Waals surface area contributed by atoms with Gasteiger partial charge in [0, 0.05) is 24.2 Å². The first kappa shape index (κ1) is 18.6. The summed E-state index contributed by atoms with van der Waals surface area (Å²) >= 11 is 0. The van der Waals surface area contributed by atoms with Crippen molar-refractivity contribution in [3.63, 3.8) is 0 Å². The van der Waals surface area contributed by atoms with E-state index in [9.17, 15) is 14.0 Å². The number of nitrogens with one attached hydrogen (secondary N) is 1. The zero-order valence-electron chi connectivity index (χ0n) is 16.2. The van der Waals surface area contributed by atoms with Gasteiger partial charge in [0.1, 0.15) is 11.3 Å². The van der Waals surface area contributed by atoms with Crippen molar-refractivity contribution in [2.24, 2.45) is 0 Å². The maximum Gasteiger partial charge on any atom is 0.299 e. The second-order valence-electron chi connectivity index (χ2n) is 6.80. The Morgan fingerprint density at radius 1 is 1.03 bits per heavy atom. The molecular formula is C21H14FN7O2. The molecule has 0 aliphatic carbocycles. The Morgan fingerprint density at radius 3 is 2.52 bits per heavy atom. The number of fused-ring (bicyclic) bond motifs is 3. The summed E-state index contributed by atoms with van der Waals surface area (Å²) in [5, 5.41) is 12.8. The topological polar surface area (TPSA) is 107 Å². The Labute approximate surface area is 173 Å². The van der Waals surface area contributed by atoms with E-state index in [1.165, 1.54) is 47.4 Å². The second kappa shape index (κ2) is 7.10. The third-order valence-corrected chi connectivity index (χ3v) is 4.85. The highest BCUT2D eigenvalue weighted by Crippen LogP contribution is 2.28. The lowest BCUT2D eigenvalue weighted by Gasteiger charge is -2.09. The Balaban J connectivity index is 1.61. The molecule has 0 spiro atoms. The summed E-state index contributed by atoms with van der Waals surface area (Å²) in [7, 11) is 0. The number of halogens is 1. The van der Waals surface area contributed by atoms with Crippen LogP contribution in [0.2, 0.25) is 0 Å². The van der Waals surface area contributed by atoms with Crippen molar-refractivity contribution in [1.82, 2.24) is 29.5 Å². The summed E-state index contributed by atoms with van der Waals surface area (Å²) in [6.45, 7) is 1.80. The van der Waals surface area contributed by atoms with Gasteiger partial charge in [0.2, 0.25) is 0 Å². The molecule has 0 unspecified atom stereocenters. The molecule has 0 radical (unpaired) electrons. The molecular weight excluding hydrogens is 401 g/mol. The van der Waals surface area contributed by atoms with Crippen molar-refractivity contribution in [3.8, 4) is 11.1 Å². The van der Waals surface area contributed by atoms with Gasteiger partial charge < -0.3 is 0 Å². The quantitative estimate of drug-likeness (QED) is 0.485. The maximum absolute atomic E-state index is 13.3. The van der Waals surface area contributed by atoms with Gasteiger partial charge >= 0.3 is 0 Å². The average Bonchev–Trinajstić information content (AvgIpc) is 3.13. The van der Waals surface area contributed by atoms with Gasteiger partial charge in [-0.1, -0.05) is 12.1 Å². The number of rotatable bonds is 3. The molecule has 9 nitrogen and oxygen atoms in total. The number of carbonyl (C=O) groups is 1. The summed E-state index contributed by atoms with van der Waals surface area (Å²) in [6, 6.07) is 10.7. The largest absolute Gasteiger partial charge is 0.299 e. The lowest BCUT2D eigenvalue weighted by atomic mass is 10.1. The van der Waals surface area contributed by atoms with Crippen molar-refractivity contribution in [2.45, 2.75) is 6.92 Å². The van der Waals surface area contributed by atoms with Crippen LogP contribution in [0.4, 0.5) is 4.39 Å². The molecule has 4 heterocycles. The van der Waals surface area contributed by atoms with Crippen LogP contribution >= 0.6 is 0 Å². The highest BCUT2D eigenvalue weighted by molar-refractivity contribution is 5.99. The Kier molecular flexibility index (Phi) is 4.25. The van der Waals surface area contributed by atoms with Crippen molar-refractivity contribution in [3.05, 3.63) is 88.5 Å². The van der Waals surface area contributed by atoms with E-state index in [0.29, 0.717) is 28.0 Å². The van der Waals surface area contributed by atoms with Crippen LogP contribution in [0.25, 0.3) is 27.8 Å². The average molecular weight is 415 g/mol. The van der Waals surface area contributed by atoms with E-state index in [-0.39, 0.29) is 11.3 Å². The molecule has 4 aromatic heterocycles. The molecule has 31 heavy (non-hydrogen) atoms. The van der Waals surface area contributed by atoms with Crippen molar-refractivity contribution in [2.75, 3.05) is 5.43 Å². The molecule has 0 atom stereocenters. The van der Waals surface area contributed by atoms with Crippen LogP contribution in [-0.4, -0.2) is 35.4 Å². The summed E-state index contributed by atoms with van der Waals surface area (Å²) in [4.78, 5) is 29.1. The SMILES string of the molecule is Cc1nn2c(nnc3c(=O)n(NC(=O)c4ccncc4)ccc32)c1-c1ccc(F)cc1. The van der Waals surface area contributed by atoms with Crippen LogP contribution in [0, 0.1) is 12.7 Å². The van der Waals surface area contributed by atoms with E-state index in [0.717, 1.165) is 10.2 Å². The number of carbonyl (C=O) groups excluding carboxylic acids is 1. The van der Waals surface area contributed by atoms with Crippen LogP contribution in [0.3, 0.4) is 0 Å². The first-order valence-corrected chi connectivity index (χ1v) is 9.27. The lowest BCUT2D eigenvalue weighted by molar-refractivity contribution is 0.101. The van der Waals surface area contributed by atoms with Crippen molar-refractivity contribution >= 4 is 22.6 Å². The first-order chi connectivity index (χ1) is 15.0. The van der Waals surface area contributed by atoms with Crippen molar-refractivity contribution in [1.29, 1.82) is 0 Å². The molecule has 0 saturated heterocycles. The molecule has 1 aromatic carbocycles. The highest BCUT2D eigenvalue weighted by atomic mass is 19.1. The van der Waals surface area contributed by atoms with E-state index in [4.69, 9.17) is 0 Å². The molecule has 10 heteroatoms. The first-order valence-electron chi connectivity index (χ1n) is 9.27. The van der Waals surface area contributed by atoms with Crippen LogP contribution in [0.15, 0.2) is 65.8 Å². The fraction of sp³-hybridized carbons (Fsp3) is 0.0476. The van der Waals surface area contributed by atoms with E-state index in [2.05, 4.69) is 25.7 Å². The summed E-state index contributed by atoms with van der Waals surface area (Å²) in [5.74, 6) is -0.810. The molecule has 1 N–H and O–H groups in total. The monoisotopic (exact) mass is 415 g/mol. The fourth-order valence-corrected chi connectivity index (χ4v) is 3.37. The molecule has 5 rings (SSSR count). The Bertz CT molecular complexity index is 1510. The standard InChI is InChI=1S/C21H14FN7O2/c1-12-17(13-2-4-15(22)5-3-13)19-25-24-18-16(29(19)26-12)8-11-28(21(18)31)27-20(30)14-6-9-23-10-7-14/h2-11H,1H3,(H,27,30). The molecule has 0 saturated carbocycles. The van der Waals surface area contributed by atoms with E-state index >= 15 is 0 Å². The zero-order valence-corrected chi connectivity index (χ0v) is 16.2. The molecule has 0 fully saturated rings. The van der Waals surface area contributed by atoms with Crippen LogP contribution < -0.4 is 11.0 Å². The number of amides is 1. The van der Waals surface area contributed by atoms with Gasteiger partial charge in [-0.05, 0) is 42.8 Å².